The summed E-state index contributed by atoms with van der Waals surface area (Å²) >= 11 is 0. The van der Waals surface area contributed by atoms with Crippen molar-refractivity contribution in [3.63, 3.8) is 0 Å². The zero-order valence-electron chi connectivity index (χ0n) is 14.5. The molecule has 1 radical (unpaired) electrons. The van der Waals surface area contributed by atoms with Gasteiger partial charge in [-0.25, -0.2) is 0 Å². The van der Waals surface area contributed by atoms with E-state index in [2.05, 4.69) is 5.32 Å². The Labute approximate surface area is 146 Å². The standard InChI is InChI=1S/C15H23N4O6/c1-3-25-7-4-17-9-12(21)19(13(22)10-17)15-14(23)16-11(20)8-18(15)5-6-24-2/h15H,3-10H2,1-2H3. The molecular formula is C15H23N4O6. The molecule has 0 saturated carbocycles. The van der Waals surface area contributed by atoms with Crippen molar-refractivity contribution in [1.82, 2.24) is 20.0 Å². The van der Waals surface area contributed by atoms with E-state index in [0.29, 0.717) is 19.8 Å². The van der Waals surface area contributed by atoms with Gasteiger partial charge in [-0.15, -0.1) is 0 Å². The second-order valence-corrected chi connectivity index (χ2v) is 5.75. The van der Waals surface area contributed by atoms with Gasteiger partial charge in [0.25, 0.3) is 11.8 Å². The van der Waals surface area contributed by atoms with E-state index >= 15 is 0 Å². The largest absolute Gasteiger partial charge is 0.383 e. The lowest BCUT2D eigenvalue weighted by molar-refractivity contribution is -0.169. The van der Waals surface area contributed by atoms with Gasteiger partial charge in [-0.05, 0) is 6.92 Å². The Morgan fingerprint density at radius 2 is 1.72 bits per heavy atom. The second-order valence-electron chi connectivity index (χ2n) is 5.75. The Hall–Kier alpha value is -1.88. The van der Waals surface area contributed by atoms with Gasteiger partial charge in [-0.3, -0.25) is 33.9 Å². The number of piperazine rings is 2. The van der Waals surface area contributed by atoms with Gasteiger partial charge >= 0.3 is 0 Å². The van der Waals surface area contributed by atoms with Crippen LogP contribution < -0.4 is 5.32 Å². The number of hydrogen-bond donors (Lipinski definition) is 0. The maximum Gasteiger partial charge on any atom is 0.287 e. The van der Waals surface area contributed by atoms with Gasteiger partial charge in [-0.1, -0.05) is 0 Å². The molecule has 0 aromatic rings. The van der Waals surface area contributed by atoms with Gasteiger partial charge in [0.05, 0.1) is 32.8 Å². The van der Waals surface area contributed by atoms with Crippen molar-refractivity contribution in [1.29, 1.82) is 0 Å². The molecular weight excluding hydrogens is 332 g/mol. The lowest BCUT2D eigenvalue weighted by Gasteiger charge is -2.42. The lowest BCUT2D eigenvalue weighted by atomic mass is 10.2. The highest BCUT2D eigenvalue weighted by Gasteiger charge is 2.46. The molecule has 0 aromatic heterocycles. The van der Waals surface area contributed by atoms with Crippen LogP contribution in [-0.4, -0.2) is 104 Å². The molecule has 139 valence electrons. The molecule has 2 fully saturated rings. The number of hydrogen-bond acceptors (Lipinski definition) is 8. The highest BCUT2D eigenvalue weighted by molar-refractivity contribution is 6.07. The number of imide groups is 2. The van der Waals surface area contributed by atoms with E-state index in [9.17, 15) is 19.2 Å². The van der Waals surface area contributed by atoms with E-state index < -0.39 is 29.8 Å². The van der Waals surface area contributed by atoms with E-state index in [0.717, 1.165) is 4.90 Å². The number of rotatable bonds is 8. The first kappa shape index (κ1) is 19.4. The van der Waals surface area contributed by atoms with Gasteiger partial charge in [0.15, 0.2) is 6.17 Å². The second kappa shape index (κ2) is 8.99. The van der Waals surface area contributed by atoms with Gasteiger partial charge in [0, 0.05) is 26.8 Å². The lowest BCUT2D eigenvalue weighted by Crippen LogP contribution is -2.68. The van der Waals surface area contributed by atoms with Crippen molar-refractivity contribution in [2.75, 3.05) is 59.7 Å². The van der Waals surface area contributed by atoms with Gasteiger partial charge in [0.2, 0.25) is 11.8 Å². The molecule has 0 spiro atoms. The SMILES string of the molecule is CCOCCN1CC(=O)N(C2C(=O)[N]C(=O)CN2CCOC)C(=O)C1. The predicted octanol–water partition coefficient (Wildman–Crippen LogP) is -2.36. The van der Waals surface area contributed by atoms with Gasteiger partial charge in [0.1, 0.15) is 0 Å². The molecule has 2 aliphatic rings. The molecule has 2 aliphatic heterocycles. The average molecular weight is 355 g/mol. The first-order valence-electron chi connectivity index (χ1n) is 8.14. The summed E-state index contributed by atoms with van der Waals surface area (Å²) in [5, 5.41) is 3.41. The van der Waals surface area contributed by atoms with E-state index in [-0.39, 0.29) is 32.8 Å². The summed E-state index contributed by atoms with van der Waals surface area (Å²) in [6, 6.07) is 0. The topological polar surface area (TPSA) is 111 Å². The highest BCUT2D eigenvalue weighted by Crippen LogP contribution is 2.16. The van der Waals surface area contributed by atoms with Gasteiger partial charge < -0.3 is 9.47 Å². The number of methoxy groups -OCH3 is 1. The highest BCUT2D eigenvalue weighted by atomic mass is 16.5. The normalized spacial score (nSPS) is 23.3. The molecule has 10 nitrogen and oxygen atoms in total. The van der Waals surface area contributed by atoms with Crippen molar-refractivity contribution in [2.45, 2.75) is 13.1 Å². The molecule has 4 amide bonds. The number of carbonyl (C=O) groups excluding carboxylic acids is 4. The zero-order valence-corrected chi connectivity index (χ0v) is 14.5. The minimum Gasteiger partial charge on any atom is -0.383 e. The van der Waals surface area contributed by atoms with E-state index in [1.807, 2.05) is 6.92 Å². The van der Waals surface area contributed by atoms with E-state index in [4.69, 9.17) is 9.47 Å². The summed E-state index contributed by atoms with van der Waals surface area (Å²) in [6.45, 7) is 3.67. The smallest absolute Gasteiger partial charge is 0.287 e. The fraction of sp³-hybridized carbons (Fsp3) is 0.733. The third-order valence-corrected chi connectivity index (χ3v) is 3.98. The average Bonchev–Trinajstić information content (AvgIpc) is 2.54. The van der Waals surface area contributed by atoms with Crippen LogP contribution in [0.1, 0.15) is 6.92 Å². The Balaban J connectivity index is 2.09. The summed E-state index contributed by atoms with van der Waals surface area (Å²) in [6.07, 6.45) is -1.18. The van der Waals surface area contributed by atoms with Crippen LogP contribution >= 0.6 is 0 Å². The van der Waals surface area contributed by atoms with Crippen LogP contribution in [0.5, 0.6) is 0 Å². The van der Waals surface area contributed by atoms with Crippen molar-refractivity contribution in [2.24, 2.45) is 0 Å². The molecule has 0 aromatic carbocycles. The Morgan fingerprint density at radius 1 is 1.04 bits per heavy atom. The molecule has 2 heterocycles. The molecule has 0 aliphatic carbocycles. The summed E-state index contributed by atoms with van der Waals surface area (Å²) in [5.41, 5.74) is 0. The van der Waals surface area contributed by atoms with E-state index in [1.54, 1.807) is 4.90 Å². The third-order valence-electron chi connectivity index (χ3n) is 3.98. The number of carbonyl (C=O) groups is 4. The molecule has 25 heavy (non-hydrogen) atoms. The number of ether oxygens (including phenoxy) is 2. The van der Waals surface area contributed by atoms with Crippen LogP contribution in [-0.2, 0) is 28.7 Å². The minimum absolute atomic E-state index is 0.00859. The van der Waals surface area contributed by atoms with Crippen molar-refractivity contribution < 1.29 is 28.7 Å². The molecule has 1 atom stereocenters. The summed E-state index contributed by atoms with van der Waals surface area (Å²) in [5.74, 6) is -2.36. The molecule has 0 bridgehead atoms. The van der Waals surface area contributed by atoms with E-state index in [1.165, 1.54) is 12.0 Å². The maximum absolute atomic E-state index is 12.5. The van der Waals surface area contributed by atoms with Crippen LogP contribution in [0.3, 0.4) is 0 Å². The summed E-state index contributed by atoms with van der Waals surface area (Å²) in [7, 11) is 1.49. The molecule has 2 rings (SSSR count). The van der Waals surface area contributed by atoms with Crippen LogP contribution in [0.15, 0.2) is 0 Å². The molecule has 0 N–H and O–H groups in total. The Bertz CT molecular complexity index is 522. The molecule has 10 heteroatoms. The number of amides is 4. The first-order valence-corrected chi connectivity index (χ1v) is 8.14. The summed E-state index contributed by atoms with van der Waals surface area (Å²) < 4.78 is 10.2. The number of nitrogens with zero attached hydrogens (tertiary/aromatic N) is 4. The fourth-order valence-electron chi connectivity index (χ4n) is 2.81. The molecule has 1 unspecified atom stereocenters. The first-order chi connectivity index (χ1) is 12.0. The minimum atomic E-state index is -1.18. The zero-order chi connectivity index (χ0) is 18.4. The maximum atomic E-state index is 12.5. The van der Waals surface area contributed by atoms with Crippen LogP contribution in [0.25, 0.3) is 0 Å². The Kier molecular flexibility index (Phi) is 7.00. The fourth-order valence-corrected chi connectivity index (χ4v) is 2.81. The van der Waals surface area contributed by atoms with Crippen LogP contribution in [0.4, 0.5) is 0 Å². The third kappa shape index (κ3) is 4.82. The van der Waals surface area contributed by atoms with Crippen molar-refractivity contribution in [3.05, 3.63) is 0 Å². The van der Waals surface area contributed by atoms with Gasteiger partial charge in [-0.2, -0.15) is 5.32 Å². The predicted molar refractivity (Wildman–Crippen MR) is 84.2 cm³/mol. The van der Waals surface area contributed by atoms with Crippen LogP contribution in [0.2, 0.25) is 0 Å². The molecule has 2 saturated heterocycles. The monoisotopic (exact) mass is 355 g/mol. The van der Waals surface area contributed by atoms with Crippen molar-refractivity contribution >= 4 is 23.6 Å². The van der Waals surface area contributed by atoms with Crippen molar-refractivity contribution in [3.8, 4) is 0 Å². The Morgan fingerprint density at radius 3 is 2.32 bits per heavy atom. The van der Waals surface area contributed by atoms with Crippen LogP contribution in [0, 0.1) is 0 Å². The summed E-state index contributed by atoms with van der Waals surface area (Å²) in [4.78, 5) is 52.8. The quantitative estimate of drug-likeness (QED) is 0.351.